The normalized spacial score (nSPS) is 20.2. The van der Waals surface area contributed by atoms with Gasteiger partial charge in [0.05, 0.1) is 6.10 Å². The highest BCUT2D eigenvalue weighted by Gasteiger charge is 2.15. The van der Waals surface area contributed by atoms with E-state index < -0.39 is 0 Å². The first-order valence-corrected chi connectivity index (χ1v) is 6.96. The Hall–Kier alpha value is -0.940. The smallest absolute Gasteiger partial charge is 0.216 e. The predicted octanol–water partition coefficient (Wildman–Crippen LogP) is 1.72. The topological polar surface area (TPSA) is 60.2 Å². The van der Waals surface area contributed by atoms with Crippen molar-refractivity contribution in [2.24, 2.45) is 0 Å². The highest BCUT2D eigenvalue weighted by Crippen LogP contribution is 2.17. The Bertz CT molecular complexity index is 335. The van der Waals surface area contributed by atoms with Crippen molar-refractivity contribution in [1.29, 1.82) is 0 Å². The zero-order valence-electron chi connectivity index (χ0n) is 11.2. The molecule has 18 heavy (non-hydrogen) atoms. The van der Waals surface area contributed by atoms with Crippen LogP contribution in [0.1, 0.15) is 43.9 Å². The fraction of sp³-hybridized carbons (Fsp3) is 0.846. The quantitative estimate of drug-likeness (QED) is 0.750. The summed E-state index contributed by atoms with van der Waals surface area (Å²) in [7, 11) is 1.95. The third-order valence-electron chi connectivity index (χ3n) is 3.28. The van der Waals surface area contributed by atoms with Crippen LogP contribution in [0.5, 0.6) is 0 Å². The summed E-state index contributed by atoms with van der Waals surface area (Å²) in [5.74, 6) is 1.51. The third-order valence-corrected chi connectivity index (χ3v) is 3.28. The molecule has 0 radical (unpaired) electrons. The van der Waals surface area contributed by atoms with E-state index in [0.717, 1.165) is 50.6 Å². The Morgan fingerprint density at radius 1 is 1.22 bits per heavy atom. The molecular weight excluding hydrogens is 230 g/mol. The maximum atomic E-state index is 5.69. The minimum absolute atomic E-state index is 0.387. The monoisotopic (exact) mass is 253 g/mol. The number of aryl methyl sites for hydroxylation is 2. The summed E-state index contributed by atoms with van der Waals surface area (Å²) in [4.78, 5) is 0. The van der Waals surface area contributed by atoms with Crippen molar-refractivity contribution in [2.75, 3.05) is 20.2 Å². The van der Waals surface area contributed by atoms with Gasteiger partial charge in [0.25, 0.3) is 0 Å². The molecule has 1 atom stereocenters. The fourth-order valence-corrected chi connectivity index (χ4v) is 2.23. The maximum absolute atomic E-state index is 5.69. The van der Waals surface area contributed by atoms with Gasteiger partial charge in [-0.1, -0.05) is 0 Å². The van der Waals surface area contributed by atoms with Gasteiger partial charge in [-0.3, -0.25) is 0 Å². The summed E-state index contributed by atoms with van der Waals surface area (Å²) in [6.45, 7) is 1.89. The zero-order chi connectivity index (χ0) is 12.6. The van der Waals surface area contributed by atoms with Crippen LogP contribution in [0, 0.1) is 0 Å². The van der Waals surface area contributed by atoms with Crippen LogP contribution >= 0.6 is 0 Å². The molecule has 102 valence electrons. The Kier molecular flexibility index (Phi) is 5.61. The summed E-state index contributed by atoms with van der Waals surface area (Å²) in [6.07, 6.45) is 7.76. The van der Waals surface area contributed by atoms with Crippen molar-refractivity contribution in [2.45, 2.75) is 51.0 Å². The van der Waals surface area contributed by atoms with Crippen molar-refractivity contribution >= 4 is 0 Å². The summed E-state index contributed by atoms with van der Waals surface area (Å²) in [5.41, 5.74) is 0. The average molecular weight is 253 g/mol. The Balaban J connectivity index is 1.69. The second kappa shape index (κ2) is 7.48. The van der Waals surface area contributed by atoms with Gasteiger partial charge in [-0.15, -0.1) is 10.2 Å². The first-order valence-electron chi connectivity index (χ1n) is 6.96. The Morgan fingerprint density at radius 2 is 2.06 bits per heavy atom. The molecule has 1 aliphatic heterocycles. The van der Waals surface area contributed by atoms with Crippen LogP contribution in [0.2, 0.25) is 0 Å². The van der Waals surface area contributed by atoms with Gasteiger partial charge in [0.1, 0.15) is 0 Å². The van der Waals surface area contributed by atoms with E-state index >= 15 is 0 Å². The summed E-state index contributed by atoms with van der Waals surface area (Å²) in [6, 6.07) is 0. The molecule has 0 spiro atoms. The number of rotatable bonds is 7. The lowest BCUT2D eigenvalue weighted by Gasteiger charge is -2.21. The fourth-order valence-electron chi connectivity index (χ4n) is 2.23. The predicted molar refractivity (Wildman–Crippen MR) is 68.5 cm³/mol. The van der Waals surface area contributed by atoms with Crippen LogP contribution < -0.4 is 5.32 Å². The van der Waals surface area contributed by atoms with E-state index in [0.29, 0.717) is 6.10 Å². The summed E-state index contributed by atoms with van der Waals surface area (Å²) >= 11 is 0. The van der Waals surface area contributed by atoms with Crippen LogP contribution in [-0.2, 0) is 17.6 Å². The lowest BCUT2D eigenvalue weighted by atomic mass is 10.0. The number of ether oxygens (including phenoxy) is 1. The second-order valence-electron chi connectivity index (χ2n) is 4.82. The molecule has 0 aliphatic carbocycles. The van der Waals surface area contributed by atoms with Gasteiger partial charge in [-0.25, -0.2) is 0 Å². The second-order valence-corrected chi connectivity index (χ2v) is 4.82. The number of hydrogen-bond donors (Lipinski definition) is 1. The Labute approximate surface area is 108 Å². The molecule has 1 N–H and O–H groups in total. The number of aromatic nitrogens is 2. The molecule has 1 saturated heterocycles. The third kappa shape index (κ3) is 4.38. The van der Waals surface area contributed by atoms with Crippen LogP contribution in [0.25, 0.3) is 0 Å². The van der Waals surface area contributed by atoms with Gasteiger partial charge in [-0.2, -0.15) is 0 Å². The van der Waals surface area contributed by atoms with Crippen molar-refractivity contribution in [3.05, 3.63) is 11.8 Å². The van der Waals surface area contributed by atoms with E-state index in [1.165, 1.54) is 19.3 Å². The van der Waals surface area contributed by atoms with Gasteiger partial charge in [0, 0.05) is 19.4 Å². The van der Waals surface area contributed by atoms with E-state index in [4.69, 9.17) is 9.15 Å². The van der Waals surface area contributed by atoms with Crippen LogP contribution in [0.4, 0.5) is 0 Å². The van der Waals surface area contributed by atoms with Gasteiger partial charge < -0.3 is 14.5 Å². The first-order chi connectivity index (χ1) is 8.88. The van der Waals surface area contributed by atoms with Gasteiger partial charge in [-0.05, 0) is 45.7 Å². The lowest BCUT2D eigenvalue weighted by Crippen LogP contribution is -2.19. The van der Waals surface area contributed by atoms with Gasteiger partial charge in [0.2, 0.25) is 11.8 Å². The molecule has 2 heterocycles. The first kappa shape index (κ1) is 13.5. The average Bonchev–Trinajstić information content (AvgIpc) is 2.86. The highest BCUT2D eigenvalue weighted by molar-refractivity contribution is 4.83. The van der Waals surface area contributed by atoms with Crippen molar-refractivity contribution in [1.82, 2.24) is 15.5 Å². The number of nitrogens with zero attached hydrogens (tertiary/aromatic N) is 2. The summed E-state index contributed by atoms with van der Waals surface area (Å²) in [5, 5.41) is 11.3. The molecule has 1 aromatic heterocycles. The molecule has 1 aromatic rings. The molecule has 1 unspecified atom stereocenters. The van der Waals surface area contributed by atoms with E-state index in [-0.39, 0.29) is 0 Å². The van der Waals surface area contributed by atoms with E-state index in [1.807, 2.05) is 7.05 Å². The minimum Gasteiger partial charge on any atom is -0.425 e. The molecule has 2 rings (SSSR count). The molecule has 0 bridgehead atoms. The van der Waals surface area contributed by atoms with Crippen molar-refractivity contribution < 1.29 is 9.15 Å². The minimum atomic E-state index is 0.387. The van der Waals surface area contributed by atoms with E-state index in [1.54, 1.807) is 0 Å². The SMILES string of the molecule is CNCCCc1nnc(CCC2CCCCO2)o1. The number of nitrogens with one attached hydrogen (secondary N) is 1. The van der Waals surface area contributed by atoms with Crippen LogP contribution in [0.15, 0.2) is 4.42 Å². The van der Waals surface area contributed by atoms with E-state index in [9.17, 15) is 0 Å². The van der Waals surface area contributed by atoms with Crippen LogP contribution in [-0.4, -0.2) is 36.5 Å². The molecule has 0 saturated carbocycles. The molecule has 1 aliphatic rings. The lowest BCUT2D eigenvalue weighted by molar-refractivity contribution is 0.0105. The number of hydrogen-bond acceptors (Lipinski definition) is 5. The van der Waals surface area contributed by atoms with Gasteiger partial charge in [0.15, 0.2) is 0 Å². The van der Waals surface area contributed by atoms with Crippen molar-refractivity contribution in [3.8, 4) is 0 Å². The largest absolute Gasteiger partial charge is 0.425 e. The maximum Gasteiger partial charge on any atom is 0.216 e. The van der Waals surface area contributed by atoms with E-state index in [2.05, 4.69) is 15.5 Å². The summed E-state index contributed by atoms with van der Waals surface area (Å²) < 4.78 is 11.3. The van der Waals surface area contributed by atoms with Gasteiger partial charge >= 0.3 is 0 Å². The molecular formula is C13H23N3O2. The van der Waals surface area contributed by atoms with Crippen LogP contribution in [0.3, 0.4) is 0 Å². The highest BCUT2D eigenvalue weighted by atomic mass is 16.5. The zero-order valence-corrected chi connectivity index (χ0v) is 11.2. The molecule has 0 aromatic carbocycles. The Morgan fingerprint density at radius 3 is 2.78 bits per heavy atom. The molecule has 5 heteroatoms. The molecule has 5 nitrogen and oxygen atoms in total. The molecule has 1 fully saturated rings. The standard InChI is InChI=1S/C13H23N3O2/c1-14-9-4-6-12-15-16-13(18-12)8-7-11-5-2-3-10-17-11/h11,14H,2-10H2,1H3. The van der Waals surface area contributed by atoms with Crippen molar-refractivity contribution in [3.63, 3.8) is 0 Å². The molecule has 0 amide bonds.